The van der Waals surface area contributed by atoms with Gasteiger partial charge in [-0.2, -0.15) is 4.73 Å². The number of nitrogens with zero attached hydrogens (tertiary/aromatic N) is 1. The second-order valence-corrected chi connectivity index (χ2v) is 4.39. The lowest BCUT2D eigenvalue weighted by Crippen LogP contribution is -2.17. The van der Waals surface area contributed by atoms with Crippen LogP contribution < -0.4 is 4.84 Å². The van der Waals surface area contributed by atoms with Crippen molar-refractivity contribution >= 4 is 28.3 Å². The van der Waals surface area contributed by atoms with E-state index >= 15 is 0 Å². The summed E-state index contributed by atoms with van der Waals surface area (Å²) >= 11 is 5.53. The fourth-order valence-corrected chi connectivity index (χ4v) is 1.84. The van der Waals surface area contributed by atoms with E-state index in [9.17, 15) is 4.79 Å². The molecule has 2 rings (SSSR count). The van der Waals surface area contributed by atoms with Crippen LogP contribution >= 0.6 is 11.6 Å². The highest BCUT2D eigenvalue weighted by Gasteiger charge is 2.08. The predicted molar refractivity (Wildman–Crippen MR) is 68.7 cm³/mol. The molecular formula is C13H14ClNO2. The van der Waals surface area contributed by atoms with Gasteiger partial charge in [0, 0.05) is 17.1 Å². The fourth-order valence-electron chi connectivity index (χ4n) is 1.69. The van der Waals surface area contributed by atoms with Crippen molar-refractivity contribution in [2.45, 2.75) is 20.0 Å². The number of hydrogen-bond acceptors (Lipinski definition) is 2. The molecule has 17 heavy (non-hydrogen) atoms. The Kier molecular flexibility index (Phi) is 3.38. The average Bonchev–Trinajstić information content (AvgIpc) is 2.70. The molecule has 0 unspecified atom stereocenters. The minimum atomic E-state index is -0.0638. The Morgan fingerprint density at radius 3 is 2.82 bits per heavy atom. The lowest BCUT2D eigenvalue weighted by molar-refractivity contribution is 0.0686. The summed E-state index contributed by atoms with van der Waals surface area (Å²) in [7, 11) is 0. The van der Waals surface area contributed by atoms with Gasteiger partial charge in [0.2, 0.25) is 0 Å². The average molecular weight is 252 g/mol. The standard InChI is InChI=1S/C13H14ClNO2/c1-9(2)17-15-6-5-10-7-11(13(16)8-14)3-4-12(10)15/h3-7,9H,8H2,1-2H3. The van der Waals surface area contributed by atoms with E-state index in [0.29, 0.717) is 5.56 Å². The molecule has 0 aliphatic carbocycles. The highest BCUT2D eigenvalue weighted by molar-refractivity contribution is 6.30. The fraction of sp³-hybridized carbons (Fsp3) is 0.308. The third kappa shape index (κ3) is 2.44. The third-order valence-electron chi connectivity index (χ3n) is 2.42. The monoisotopic (exact) mass is 251 g/mol. The number of fused-ring (bicyclic) bond motifs is 1. The van der Waals surface area contributed by atoms with Crippen molar-refractivity contribution in [3.63, 3.8) is 0 Å². The van der Waals surface area contributed by atoms with Gasteiger partial charge >= 0.3 is 0 Å². The summed E-state index contributed by atoms with van der Waals surface area (Å²) in [5.74, 6) is -0.0552. The smallest absolute Gasteiger partial charge is 0.177 e. The molecule has 1 aromatic carbocycles. The Balaban J connectivity index is 2.41. The van der Waals surface area contributed by atoms with E-state index in [0.717, 1.165) is 10.9 Å². The zero-order valence-corrected chi connectivity index (χ0v) is 10.6. The molecule has 0 amide bonds. The van der Waals surface area contributed by atoms with Gasteiger partial charge in [0.15, 0.2) is 5.78 Å². The molecule has 1 heterocycles. The van der Waals surface area contributed by atoms with Crippen molar-refractivity contribution in [1.29, 1.82) is 0 Å². The normalized spacial score (nSPS) is 11.1. The van der Waals surface area contributed by atoms with Gasteiger partial charge in [0.1, 0.15) is 6.10 Å². The van der Waals surface area contributed by atoms with Crippen LogP contribution in [0.2, 0.25) is 0 Å². The molecule has 0 spiro atoms. The van der Waals surface area contributed by atoms with E-state index in [4.69, 9.17) is 16.4 Å². The largest absolute Gasteiger partial charge is 0.411 e. The van der Waals surface area contributed by atoms with Gasteiger partial charge in [0.05, 0.1) is 11.4 Å². The zero-order valence-electron chi connectivity index (χ0n) is 9.81. The van der Waals surface area contributed by atoms with Gasteiger partial charge in [-0.15, -0.1) is 11.6 Å². The number of ketones is 1. The van der Waals surface area contributed by atoms with Crippen LogP contribution in [-0.4, -0.2) is 22.5 Å². The Morgan fingerprint density at radius 2 is 2.18 bits per heavy atom. The molecule has 90 valence electrons. The van der Waals surface area contributed by atoms with Crippen molar-refractivity contribution in [2.24, 2.45) is 0 Å². The zero-order chi connectivity index (χ0) is 12.4. The number of carbonyl (C=O) groups excluding carboxylic acids is 1. The SMILES string of the molecule is CC(C)On1ccc2cc(C(=O)CCl)ccc21. The second-order valence-electron chi connectivity index (χ2n) is 4.13. The van der Waals surface area contributed by atoms with Crippen molar-refractivity contribution in [1.82, 2.24) is 4.73 Å². The van der Waals surface area contributed by atoms with Crippen LogP contribution in [-0.2, 0) is 0 Å². The number of hydrogen-bond donors (Lipinski definition) is 0. The molecule has 0 saturated carbocycles. The maximum Gasteiger partial charge on any atom is 0.177 e. The molecule has 0 N–H and O–H groups in total. The molecule has 4 heteroatoms. The number of carbonyl (C=O) groups is 1. The maximum atomic E-state index is 11.5. The number of alkyl halides is 1. The minimum absolute atomic E-state index is 0.00864. The molecule has 0 saturated heterocycles. The molecule has 3 nitrogen and oxygen atoms in total. The lowest BCUT2D eigenvalue weighted by Gasteiger charge is -2.11. The number of rotatable bonds is 4. The van der Waals surface area contributed by atoms with Crippen molar-refractivity contribution in [3.8, 4) is 0 Å². The number of Topliss-reactive ketones (excluding diaryl/α,β-unsaturated/α-hetero) is 1. The number of aromatic nitrogens is 1. The molecule has 1 aromatic heterocycles. The van der Waals surface area contributed by atoms with E-state index in [1.807, 2.05) is 38.2 Å². The quantitative estimate of drug-likeness (QED) is 0.618. The first kappa shape index (κ1) is 12.0. The summed E-state index contributed by atoms with van der Waals surface area (Å²) < 4.78 is 1.72. The third-order valence-corrected chi connectivity index (χ3v) is 2.66. The van der Waals surface area contributed by atoms with Crippen molar-refractivity contribution in [3.05, 3.63) is 36.0 Å². The van der Waals surface area contributed by atoms with Crippen molar-refractivity contribution < 1.29 is 9.63 Å². The molecule has 0 aliphatic rings. The van der Waals surface area contributed by atoms with E-state index in [-0.39, 0.29) is 17.8 Å². The topological polar surface area (TPSA) is 31.2 Å². The van der Waals surface area contributed by atoms with Gasteiger partial charge in [-0.3, -0.25) is 4.79 Å². The van der Waals surface area contributed by atoms with E-state index in [1.165, 1.54) is 0 Å². The number of halogens is 1. The first-order valence-electron chi connectivity index (χ1n) is 5.49. The van der Waals surface area contributed by atoms with Gasteiger partial charge in [0.25, 0.3) is 0 Å². The first-order chi connectivity index (χ1) is 8.11. The molecule has 0 atom stereocenters. The Morgan fingerprint density at radius 1 is 1.41 bits per heavy atom. The predicted octanol–water partition coefficient (Wildman–Crippen LogP) is 2.90. The molecule has 0 aliphatic heterocycles. The van der Waals surface area contributed by atoms with Crippen LogP contribution in [0, 0.1) is 0 Å². The second kappa shape index (κ2) is 4.80. The molecule has 0 radical (unpaired) electrons. The van der Waals surface area contributed by atoms with Crippen LogP contribution in [0.3, 0.4) is 0 Å². The first-order valence-corrected chi connectivity index (χ1v) is 6.02. The van der Waals surface area contributed by atoms with Crippen LogP contribution in [0.5, 0.6) is 0 Å². The lowest BCUT2D eigenvalue weighted by atomic mass is 10.1. The Bertz CT molecular complexity index is 545. The summed E-state index contributed by atoms with van der Waals surface area (Å²) in [6, 6.07) is 7.40. The van der Waals surface area contributed by atoms with Crippen LogP contribution in [0.15, 0.2) is 30.5 Å². The number of benzene rings is 1. The van der Waals surface area contributed by atoms with Crippen LogP contribution in [0.4, 0.5) is 0 Å². The molecule has 2 aromatic rings. The summed E-state index contributed by atoms with van der Waals surface area (Å²) in [5.41, 5.74) is 1.58. The van der Waals surface area contributed by atoms with Gasteiger partial charge in [-0.25, -0.2) is 0 Å². The molecular weight excluding hydrogens is 238 g/mol. The summed E-state index contributed by atoms with van der Waals surface area (Å²) in [5, 5.41) is 0.974. The van der Waals surface area contributed by atoms with Crippen LogP contribution in [0.1, 0.15) is 24.2 Å². The summed E-state index contributed by atoms with van der Waals surface area (Å²) in [6.45, 7) is 3.94. The Hall–Kier alpha value is -1.48. The van der Waals surface area contributed by atoms with E-state index in [2.05, 4.69) is 0 Å². The van der Waals surface area contributed by atoms with Gasteiger partial charge in [-0.05, 0) is 38.1 Å². The highest BCUT2D eigenvalue weighted by atomic mass is 35.5. The van der Waals surface area contributed by atoms with Crippen molar-refractivity contribution in [2.75, 3.05) is 5.88 Å². The minimum Gasteiger partial charge on any atom is -0.411 e. The summed E-state index contributed by atoms with van der Waals surface area (Å²) in [4.78, 5) is 17.1. The van der Waals surface area contributed by atoms with Gasteiger partial charge in [-0.1, -0.05) is 0 Å². The van der Waals surface area contributed by atoms with E-state index in [1.54, 1.807) is 10.8 Å². The Labute approximate surface area is 105 Å². The molecule has 0 bridgehead atoms. The van der Waals surface area contributed by atoms with Crippen LogP contribution in [0.25, 0.3) is 10.9 Å². The molecule has 0 fully saturated rings. The van der Waals surface area contributed by atoms with Gasteiger partial charge < -0.3 is 4.84 Å². The summed E-state index contributed by atoms with van der Waals surface area (Å²) in [6.07, 6.45) is 1.95. The maximum absolute atomic E-state index is 11.5. The highest BCUT2D eigenvalue weighted by Crippen LogP contribution is 2.17. The van der Waals surface area contributed by atoms with E-state index < -0.39 is 0 Å².